The third-order valence-corrected chi connectivity index (χ3v) is 7.70. The lowest BCUT2D eigenvalue weighted by atomic mass is 10.1. The topological polar surface area (TPSA) is 79.0 Å². The molecular formula is C22H24F3N3O4S. The number of benzene rings is 2. The normalized spacial score (nSPS) is 17.7. The Morgan fingerprint density at radius 2 is 1.61 bits per heavy atom. The predicted octanol–water partition coefficient (Wildman–Crippen LogP) is 3.37. The maximum absolute atomic E-state index is 14.2. The van der Waals surface area contributed by atoms with Crippen molar-refractivity contribution in [1.82, 2.24) is 4.31 Å². The van der Waals surface area contributed by atoms with Crippen molar-refractivity contribution in [2.45, 2.75) is 24.2 Å². The smallest absolute Gasteiger partial charge is 0.257 e. The van der Waals surface area contributed by atoms with Crippen molar-refractivity contribution in [3.8, 4) is 0 Å². The molecule has 1 N–H and O–H groups in total. The number of anilines is 2. The van der Waals surface area contributed by atoms with Crippen molar-refractivity contribution >= 4 is 27.3 Å². The summed E-state index contributed by atoms with van der Waals surface area (Å²) in [6.45, 7) is 2.28. The van der Waals surface area contributed by atoms with Gasteiger partial charge in [-0.15, -0.1) is 0 Å². The van der Waals surface area contributed by atoms with Crippen LogP contribution in [0.1, 0.15) is 29.6 Å². The molecule has 1 amide bonds. The Morgan fingerprint density at radius 1 is 0.909 bits per heavy atom. The van der Waals surface area contributed by atoms with Gasteiger partial charge in [-0.05, 0) is 49.6 Å². The van der Waals surface area contributed by atoms with E-state index in [0.717, 1.165) is 25.3 Å². The third-order valence-electron chi connectivity index (χ3n) is 5.80. The molecule has 33 heavy (non-hydrogen) atoms. The average Bonchev–Trinajstić information content (AvgIpc) is 2.85. The van der Waals surface area contributed by atoms with Crippen LogP contribution in [-0.4, -0.2) is 58.0 Å². The number of nitrogens with zero attached hydrogens (tertiary/aromatic N) is 2. The second-order valence-electron chi connectivity index (χ2n) is 7.92. The van der Waals surface area contributed by atoms with E-state index in [1.54, 1.807) is 6.07 Å². The van der Waals surface area contributed by atoms with E-state index in [9.17, 15) is 26.4 Å². The van der Waals surface area contributed by atoms with Gasteiger partial charge in [0.15, 0.2) is 17.5 Å². The van der Waals surface area contributed by atoms with Crippen LogP contribution in [0, 0.1) is 17.5 Å². The standard InChI is InChI=1S/C22H24F3N3O4S/c23-17-5-6-18(21(25)20(17)24)26-22(29)16-14-15(33(30,31)28-10-12-32-13-11-28)4-7-19(16)27-8-2-1-3-9-27/h4-7,14H,1-3,8-13H2,(H,26,29). The minimum absolute atomic E-state index is 0.00960. The summed E-state index contributed by atoms with van der Waals surface area (Å²) >= 11 is 0. The number of nitrogens with one attached hydrogen (secondary N) is 1. The van der Waals surface area contributed by atoms with Crippen molar-refractivity contribution in [1.29, 1.82) is 0 Å². The second-order valence-corrected chi connectivity index (χ2v) is 9.86. The number of halogens is 3. The first-order valence-corrected chi connectivity index (χ1v) is 12.1. The first-order chi connectivity index (χ1) is 15.8. The number of piperidine rings is 1. The van der Waals surface area contributed by atoms with Gasteiger partial charge < -0.3 is 15.0 Å². The summed E-state index contributed by atoms with van der Waals surface area (Å²) < 4.78 is 73.8. The van der Waals surface area contributed by atoms with Gasteiger partial charge in [0.25, 0.3) is 5.91 Å². The Balaban J connectivity index is 1.72. The zero-order valence-electron chi connectivity index (χ0n) is 17.8. The maximum atomic E-state index is 14.2. The summed E-state index contributed by atoms with van der Waals surface area (Å²) in [4.78, 5) is 15.0. The molecule has 0 bridgehead atoms. The summed E-state index contributed by atoms with van der Waals surface area (Å²) in [7, 11) is -3.89. The van der Waals surface area contributed by atoms with Crippen LogP contribution >= 0.6 is 0 Å². The first kappa shape index (κ1) is 23.5. The van der Waals surface area contributed by atoms with Gasteiger partial charge in [-0.2, -0.15) is 4.31 Å². The second kappa shape index (κ2) is 9.70. The lowest BCUT2D eigenvalue weighted by molar-refractivity contribution is 0.0730. The highest BCUT2D eigenvalue weighted by Crippen LogP contribution is 2.30. The van der Waals surface area contributed by atoms with E-state index < -0.39 is 39.1 Å². The SMILES string of the molecule is O=C(Nc1ccc(F)c(F)c1F)c1cc(S(=O)(=O)N2CCOCC2)ccc1N1CCCCC1. The van der Waals surface area contributed by atoms with Gasteiger partial charge in [0.2, 0.25) is 10.0 Å². The molecule has 0 atom stereocenters. The Kier molecular flexibility index (Phi) is 6.91. The number of rotatable bonds is 5. The van der Waals surface area contributed by atoms with E-state index in [1.807, 2.05) is 4.90 Å². The summed E-state index contributed by atoms with van der Waals surface area (Å²) in [6.07, 6.45) is 2.86. The van der Waals surface area contributed by atoms with Crippen LogP contribution in [0.4, 0.5) is 24.5 Å². The summed E-state index contributed by atoms with van der Waals surface area (Å²) in [5, 5.41) is 2.26. The molecule has 0 unspecified atom stereocenters. The fourth-order valence-electron chi connectivity index (χ4n) is 4.02. The molecule has 0 aromatic heterocycles. The van der Waals surface area contributed by atoms with Gasteiger partial charge in [-0.1, -0.05) is 0 Å². The molecule has 2 aliphatic rings. The molecular weight excluding hydrogens is 459 g/mol. The fourth-order valence-corrected chi connectivity index (χ4v) is 5.45. The van der Waals surface area contributed by atoms with Gasteiger partial charge in [0.05, 0.1) is 29.4 Å². The van der Waals surface area contributed by atoms with E-state index in [2.05, 4.69) is 5.32 Å². The van der Waals surface area contributed by atoms with Crippen LogP contribution < -0.4 is 10.2 Å². The van der Waals surface area contributed by atoms with Gasteiger partial charge in [-0.3, -0.25) is 4.79 Å². The van der Waals surface area contributed by atoms with Gasteiger partial charge in [0.1, 0.15) is 0 Å². The monoisotopic (exact) mass is 483 g/mol. The van der Waals surface area contributed by atoms with E-state index >= 15 is 0 Å². The lowest BCUT2D eigenvalue weighted by Gasteiger charge is -2.31. The molecule has 0 radical (unpaired) electrons. The molecule has 4 rings (SSSR count). The van der Waals surface area contributed by atoms with Crippen LogP contribution in [0.3, 0.4) is 0 Å². The van der Waals surface area contributed by atoms with E-state index in [-0.39, 0.29) is 36.8 Å². The molecule has 2 aromatic rings. The summed E-state index contributed by atoms with van der Waals surface area (Å²) in [6, 6.07) is 5.89. The summed E-state index contributed by atoms with van der Waals surface area (Å²) in [5.74, 6) is -5.43. The highest BCUT2D eigenvalue weighted by molar-refractivity contribution is 7.89. The molecule has 2 aliphatic heterocycles. The Morgan fingerprint density at radius 3 is 2.30 bits per heavy atom. The summed E-state index contributed by atoms with van der Waals surface area (Å²) in [5.41, 5.74) is -0.0311. The molecule has 178 valence electrons. The number of morpholine rings is 1. The van der Waals surface area contributed by atoms with Crippen molar-refractivity contribution in [3.63, 3.8) is 0 Å². The van der Waals surface area contributed by atoms with Gasteiger partial charge in [0, 0.05) is 31.9 Å². The Hall–Kier alpha value is -2.63. The number of ether oxygens (including phenoxy) is 1. The van der Waals surface area contributed by atoms with Crippen LogP contribution in [0.15, 0.2) is 35.2 Å². The quantitative estimate of drug-likeness (QED) is 0.660. The molecule has 0 saturated carbocycles. The van der Waals surface area contributed by atoms with Crippen molar-refractivity contribution in [2.75, 3.05) is 49.6 Å². The number of carbonyl (C=O) groups is 1. The third kappa shape index (κ3) is 4.85. The highest BCUT2D eigenvalue weighted by Gasteiger charge is 2.29. The van der Waals surface area contributed by atoms with E-state index in [4.69, 9.17) is 4.74 Å². The molecule has 2 aromatic carbocycles. The zero-order valence-corrected chi connectivity index (χ0v) is 18.6. The predicted molar refractivity (Wildman–Crippen MR) is 116 cm³/mol. The zero-order chi connectivity index (χ0) is 23.6. The van der Waals surface area contributed by atoms with Crippen molar-refractivity contribution < 1.29 is 31.1 Å². The Labute approximate surface area is 190 Å². The molecule has 11 heteroatoms. The number of amides is 1. The number of hydrogen-bond donors (Lipinski definition) is 1. The minimum Gasteiger partial charge on any atom is -0.379 e. The highest BCUT2D eigenvalue weighted by atomic mass is 32.2. The first-order valence-electron chi connectivity index (χ1n) is 10.7. The molecule has 0 spiro atoms. The minimum atomic E-state index is -3.89. The molecule has 0 aliphatic carbocycles. The van der Waals surface area contributed by atoms with Crippen molar-refractivity contribution in [3.05, 3.63) is 53.3 Å². The van der Waals surface area contributed by atoms with Crippen LogP contribution in [0.5, 0.6) is 0 Å². The van der Waals surface area contributed by atoms with Gasteiger partial charge >= 0.3 is 0 Å². The van der Waals surface area contributed by atoms with Crippen LogP contribution in [0.2, 0.25) is 0 Å². The largest absolute Gasteiger partial charge is 0.379 e. The number of carbonyl (C=O) groups excluding carboxylic acids is 1. The maximum Gasteiger partial charge on any atom is 0.257 e. The lowest BCUT2D eigenvalue weighted by Crippen LogP contribution is -2.40. The molecule has 2 saturated heterocycles. The number of hydrogen-bond acceptors (Lipinski definition) is 5. The Bertz CT molecular complexity index is 1150. The van der Waals surface area contributed by atoms with Crippen molar-refractivity contribution in [2.24, 2.45) is 0 Å². The fraction of sp³-hybridized carbons (Fsp3) is 0.409. The van der Waals surface area contributed by atoms with Gasteiger partial charge in [-0.25, -0.2) is 21.6 Å². The van der Waals surface area contributed by atoms with E-state index in [1.165, 1.54) is 16.4 Å². The molecule has 7 nitrogen and oxygen atoms in total. The van der Waals surface area contributed by atoms with E-state index in [0.29, 0.717) is 24.8 Å². The van der Waals surface area contributed by atoms with Crippen LogP contribution in [-0.2, 0) is 14.8 Å². The number of sulfonamides is 1. The molecule has 2 heterocycles. The van der Waals surface area contributed by atoms with Crippen LogP contribution in [0.25, 0.3) is 0 Å². The average molecular weight is 484 g/mol. The molecule has 2 fully saturated rings.